The Hall–Kier alpha value is -2.09. The number of fused-ring (bicyclic) bond motifs is 1. The number of nitrogens with zero attached hydrogens (tertiary/aromatic N) is 1. The van der Waals surface area contributed by atoms with Gasteiger partial charge in [-0.25, -0.2) is 4.39 Å². The van der Waals surface area contributed by atoms with Gasteiger partial charge in [-0.15, -0.1) is 0 Å². The van der Waals surface area contributed by atoms with Crippen LogP contribution in [0, 0.1) is 5.82 Å². The molecule has 0 radical (unpaired) electrons. The second-order valence-electron chi connectivity index (χ2n) is 4.43. The standard InChI is InChI=1S/C16H14FN/c17-15-5-7-16(8-6-15)18-11-9-13-3-1-2-4-14(13)10-12-18/h1-9,11H,10,12H2. The van der Waals surface area contributed by atoms with Gasteiger partial charge in [-0.05, 0) is 47.9 Å². The lowest BCUT2D eigenvalue weighted by Gasteiger charge is -2.18. The number of halogens is 1. The number of benzene rings is 2. The van der Waals surface area contributed by atoms with Gasteiger partial charge in [0.2, 0.25) is 0 Å². The molecule has 1 heterocycles. The van der Waals surface area contributed by atoms with E-state index in [1.807, 2.05) is 12.1 Å². The SMILES string of the molecule is Fc1ccc(N2C=Cc3ccccc3CC2)cc1. The lowest BCUT2D eigenvalue weighted by molar-refractivity contribution is 0.627. The zero-order chi connectivity index (χ0) is 12.4. The monoisotopic (exact) mass is 239 g/mol. The van der Waals surface area contributed by atoms with Gasteiger partial charge < -0.3 is 4.90 Å². The average molecular weight is 239 g/mol. The molecule has 2 aromatic rings. The first-order valence-corrected chi connectivity index (χ1v) is 6.11. The predicted octanol–water partition coefficient (Wildman–Crippen LogP) is 3.86. The molecule has 0 bridgehead atoms. The van der Waals surface area contributed by atoms with E-state index >= 15 is 0 Å². The summed E-state index contributed by atoms with van der Waals surface area (Å²) in [6.07, 6.45) is 5.19. The summed E-state index contributed by atoms with van der Waals surface area (Å²) in [5.41, 5.74) is 3.65. The van der Waals surface area contributed by atoms with Crippen molar-refractivity contribution in [2.45, 2.75) is 6.42 Å². The quantitative estimate of drug-likeness (QED) is 0.730. The highest BCUT2D eigenvalue weighted by Gasteiger charge is 2.09. The Bertz CT molecular complexity index is 572. The third-order valence-electron chi connectivity index (χ3n) is 3.27. The molecule has 0 unspecified atom stereocenters. The van der Waals surface area contributed by atoms with Crippen molar-refractivity contribution < 1.29 is 4.39 Å². The second-order valence-corrected chi connectivity index (χ2v) is 4.43. The van der Waals surface area contributed by atoms with Crippen LogP contribution in [0.1, 0.15) is 11.1 Å². The van der Waals surface area contributed by atoms with E-state index in [1.165, 1.54) is 23.3 Å². The van der Waals surface area contributed by atoms with Crippen LogP contribution in [0.15, 0.2) is 54.7 Å². The molecule has 18 heavy (non-hydrogen) atoms. The van der Waals surface area contributed by atoms with Gasteiger partial charge in [-0.3, -0.25) is 0 Å². The van der Waals surface area contributed by atoms with Crippen molar-refractivity contribution in [3.63, 3.8) is 0 Å². The molecular weight excluding hydrogens is 225 g/mol. The van der Waals surface area contributed by atoms with E-state index < -0.39 is 0 Å². The van der Waals surface area contributed by atoms with Crippen LogP contribution >= 0.6 is 0 Å². The van der Waals surface area contributed by atoms with Gasteiger partial charge in [0.05, 0.1) is 0 Å². The summed E-state index contributed by atoms with van der Waals surface area (Å²) < 4.78 is 12.9. The van der Waals surface area contributed by atoms with E-state index in [4.69, 9.17) is 0 Å². The highest BCUT2D eigenvalue weighted by Crippen LogP contribution is 2.21. The maximum atomic E-state index is 12.9. The molecule has 0 aromatic heterocycles. The molecule has 0 fully saturated rings. The first-order valence-electron chi connectivity index (χ1n) is 6.11. The summed E-state index contributed by atoms with van der Waals surface area (Å²) >= 11 is 0. The van der Waals surface area contributed by atoms with Gasteiger partial charge in [0, 0.05) is 18.4 Å². The molecular formula is C16H14FN. The van der Waals surface area contributed by atoms with Gasteiger partial charge in [-0.1, -0.05) is 24.3 Å². The summed E-state index contributed by atoms with van der Waals surface area (Å²) in [4.78, 5) is 2.15. The maximum absolute atomic E-state index is 12.9. The maximum Gasteiger partial charge on any atom is 0.123 e. The predicted molar refractivity (Wildman–Crippen MR) is 72.9 cm³/mol. The lowest BCUT2D eigenvalue weighted by Crippen LogP contribution is -2.17. The Balaban J connectivity index is 1.88. The lowest BCUT2D eigenvalue weighted by atomic mass is 10.1. The van der Waals surface area contributed by atoms with E-state index in [1.54, 1.807) is 0 Å². The van der Waals surface area contributed by atoms with Crippen molar-refractivity contribution in [2.75, 3.05) is 11.4 Å². The highest BCUT2D eigenvalue weighted by molar-refractivity contribution is 5.61. The van der Waals surface area contributed by atoms with Crippen LogP contribution in [0.4, 0.5) is 10.1 Å². The molecule has 1 aliphatic rings. The van der Waals surface area contributed by atoms with Crippen molar-refractivity contribution in [1.82, 2.24) is 0 Å². The fraction of sp³-hybridized carbons (Fsp3) is 0.125. The molecule has 0 saturated heterocycles. The smallest absolute Gasteiger partial charge is 0.123 e. The normalized spacial score (nSPS) is 14.2. The molecule has 1 nitrogen and oxygen atoms in total. The first kappa shape index (κ1) is 11.0. The molecule has 0 N–H and O–H groups in total. The minimum atomic E-state index is -0.194. The summed E-state index contributed by atoms with van der Waals surface area (Å²) in [5.74, 6) is -0.194. The van der Waals surface area contributed by atoms with E-state index in [-0.39, 0.29) is 5.82 Å². The van der Waals surface area contributed by atoms with Crippen molar-refractivity contribution in [3.8, 4) is 0 Å². The van der Waals surface area contributed by atoms with Gasteiger partial charge in [0.25, 0.3) is 0 Å². The van der Waals surface area contributed by atoms with E-state index in [2.05, 4.69) is 41.4 Å². The molecule has 2 aromatic carbocycles. The third kappa shape index (κ3) is 2.14. The molecule has 0 atom stereocenters. The fourth-order valence-electron chi connectivity index (χ4n) is 2.26. The largest absolute Gasteiger partial charge is 0.348 e. The summed E-state index contributed by atoms with van der Waals surface area (Å²) in [6, 6.07) is 15.0. The highest BCUT2D eigenvalue weighted by atomic mass is 19.1. The Morgan fingerprint density at radius 1 is 0.944 bits per heavy atom. The van der Waals surface area contributed by atoms with Crippen molar-refractivity contribution in [2.24, 2.45) is 0 Å². The van der Waals surface area contributed by atoms with Crippen molar-refractivity contribution in [1.29, 1.82) is 0 Å². The molecule has 0 aliphatic carbocycles. The van der Waals surface area contributed by atoms with Crippen molar-refractivity contribution in [3.05, 3.63) is 71.7 Å². The Kier molecular flexibility index (Phi) is 2.85. The second kappa shape index (κ2) is 4.65. The van der Waals surface area contributed by atoms with Crippen LogP contribution in [-0.4, -0.2) is 6.54 Å². The van der Waals surface area contributed by atoms with Crippen LogP contribution < -0.4 is 4.90 Å². The van der Waals surface area contributed by atoms with Crippen LogP contribution in [-0.2, 0) is 6.42 Å². The van der Waals surface area contributed by atoms with E-state index in [0.29, 0.717) is 0 Å². The zero-order valence-electron chi connectivity index (χ0n) is 10.0. The van der Waals surface area contributed by atoms with Gasteiger partial charge in [0.1, 0.15) is 5.82 Å². The Morgan fingerprint density at radius 3 is 2.56 bits per heavy atom. The molecule has 1 aliphatic heterocycles. The summed E-state index contributed by atoms with van der Waals surface area (Å²) in [7, 11) is 0. The minimum absolute atomic E-state index is 0.194. The van der Waals surface area contributed by atoms with E-state index in [0.717, 1.165) is 18.7 Å². The van der Waals surface area contributed by atoms with Crippen LogP contribution in [0.5, 0.6) is 0 Å². The number of hydrogen-bond acceptors (Lipinski definition) is 1. The molecule has 90 valence electrons. The average Bonchev–Trinajstić information content (AvgIpc) is 2.62. The number of rotatable bonds is 1. The van der Waals surface area contributed by atoms with Crippen molar-refractivity contribution >= 4 is 11.8 Å². The summed E-state index contributed by atoms with van der Waals surface area (Å²) in [5, 5.41) is 0. The third-order valence-corrected chi connectivity index (χ3v) is 3.27. The topological polar surface area (TPSA) is 3.24 Å². The molecule has 0 saturated carbocycles. The van der Waals surface area contributed by atoms with Gasteiger partial charge >= 0.3 is 0 Å². The Labute approximate surface area is 106 Å². The van der Waals surface area contributed by atoms with Crippen LogP contribution in [0.3, 0.4) is 0 Å². The molecule has 3 rings (SSSR count). The minimum Gasteiger partial charge on any atom is -0.348 e. The van der Waals surface area contributed by atoms with Gasteiger partial charge in [-0.2, -0.15) is 0 Å². The molecule has 0 amide bonds. The molecule has 2 heteroatoms. The number of anilines is 1. The van der Waals surface area contributed by atoms with Crippen LogP contribution in [0.2, 0.25) is 0 Å². The molecule has 0 spiro atoms. The van der Waals surface area contributed by atoms with E-state index in [9.17, 15) is 4.39 Å². The zero-order valence-corrected chi connectivity index (χ0v) is 10.0. The van der Waals surface area contributed by atoms with Crippen LogP contribution in [0.25, 0.3) is 6.08 Å². The fourth-order valence-corrected chi connectivity index (χ4v) is 2.26. The first-order chi connectivity index (χ1) is 8.83. The number of hydrogen-bond donors (Lipinski definition) is 0. The van der Waals surface area contributed by atoms with Gasteiger partial charge in [0.15, 0.2) is 0 Å². The Morgan fingerprint density at radius 2 is 1.72 bits per heavy atom. The summed E-state index contributed by atoms with van der Waals surface area (Å²) in [6.45, 7) is 0.916.